The predicted molar refractivity (Wildman–Crippen MR) is 120 cm³/mol. The number of benzene rings is 2. The lowest BCUT2D eigenvalue weighted by Gasteiger charge is -2.26. The van der Waals surface area contributed by atoms with Crippen LogP contribution >= 0.6 is 0 Å². The van der Waals surface area contributed by atoms with E-state index in [-0.39, 0.29) is 40.2 Å². The van der Waals surface area contributed by atoms with Crippen molar-refractivity contribution < 1.29 is 40.1 Å². The zero-order valence-corrected chi connectivity index (χ0v) is 19.4. The molecule has 35 heavy (non-hydrogen) atoms. The van der Waals surface area contributed by atoms with E-state index >= 15 is 0 Å². The topological polar surface area (TPSA) is 106 Å². The lowest BCUT2D eigenvalue weighted by Crippen LogP contribution is -2.34. The average Bonchev–Trinajstić information content (AvgIpc) is 2.74. The van der Waals surface area contributed by atoms with Crippen LogP contribution in [0.3, 0.4) is 0 Å². The second kappa shape index (κ2) is 9.21. The summed E-state index contributed by atoms with van der Waals surface area (Å²) in [4.78, 5) is 25.9. The van der Waals surface area contributed by atoms with Crippen molar-refractivity contribution >= 4 is 32.8 Å². The molecule has 13 heteroatoms. The quantitative estimate of drug-likeness (QED) is 0.287. The zero-order chi connectivity index (χ0) is 26.3. The monoisotopic (exact) mass is 516 g/mol. The van der Waals surface area contributed by atoms with Gasteiger partial charge in [-0.1, -0.05) is 32.0 Å². The number of anilines is 1. The number of nitrogens with zero attached hydrogens (tertiary/aromatic N) is 2. The maximum Gasteiger partial charge on any atom is 0.534 e. The number of aromatic nitrogens is 1. The minimum Gasteiger partial charge on any atom is -0.465 e. The van der Waals surface area contributed by atoms with Gasteiger partial charge in [-0.05, 0) is 30.2 Å². The molecule has 0 saturated heterocycles. The van der Waals surface area contributed by atoms with Crippen LogP contribution in [0.1, 0.15) is 13.8 Å². The molecule has 0 aliphatic carbocycles. The first kappa shape index (κ1) is 26.0. The second-order valence-electron chi connectivity index (χ2n) is 8.02. The second-order valence-corrected chi connectivity index (χ2v) is 9.56. The van der Waals surface area contributed by atoms with Gasteiger partial charge in [0.2, 0.25) is 0 Å². The number of halogens is 4. The molecule has 8 nitrogen and oxygen atoms in total. The molecule has 1 heterocycles. The molecule has 0 spiro atoms. The Hall–Kier alpha value is -3.61. The van der Waals surface area contributed by atoms with Gasteiger partial charge in [0.25, 0.3) is 5.56 Å². The number of alkyl halides is 3. The Bertz CT molecular complexity index is 1470. The summed E-state index contributed by atoms with van der Waals surface area (Å²) in [6.07, 6.45) is -1.49. The number of carbonyl (C=O) groups is 1. The maximum atomic E-state index is 14.9. The molecule has 2 aromatic carbocycles. The van der Waals surface area contributed by atoms with Gasteiger partial charge in [-0.2, -0.15) is 21.6 Å². The number of amides is 1. The van der Waals surface area contributed by atoms with Gasteiger partial charge in [-0.3, -0.25) is 14.3 Å². The van der Waals surface area contributed by atoms with Crippen LogP contribution in [0.15, 0.2) is 47.3 Å². The smallest absolute Gasteiger partial charge is 0.465 e. The largest absolute Gasteiger partial charge is 0.534 e. The summed E-state index contributed by atoms with van der Waals surface area (Å²) in [6, 6.07) is 7.94. The molecule has 0 atom stereocenters. The van der Waals surface area contributed by atoms with Gasteiger partial charge in [0.1, 0.15) is 17.4 Å². The Morgan fingerprint density at radius 3 is 2.31 bits per heavy atom. The minimum atomic E-state index is -6.04. The van der Waals surface area contributed by atoms with Crippen molar-refractivity contribution in [2.75, 3.05) is 11.9 Å². The highest BCUT2D eigenvalue weighted by molar-refractivity contribution is 7.88. The summed E-state index contributed by atoms with van der Waals surface area (Å²) in [5.74, 6) is -2.00. The Morgan fingerprint density at radius 1 is 1.14 bits per heavy atom. The third-order valence-electron chi connectivity index (χ3n) is 5.00. The molecule has 1 N–H and O–H groups in total. The van der Waals surface area contributed by atoms with Crippen molar-refractivity contribution in [3.8, 4) is 16.9 Å². The summed E-state index contributed by atoms with van der Waals surface area (Å²) >= 11 is 0. The number of rotatable bonds is 6. The zero-order valence-electron chi connectivity index (χ0n) is 18.6. The maximum absolute atomic E-state index is 14.9. The van der Waals surface area contributed by atoms with E-state index in [1.165, 1.54) is 18.2 Å². The first-order valence-electron chi connectivity index (χ1n) is 10.1. The molecule has 0 fully saturated rings. The van der Waals surface area contributed by atoms with Gasteiger partial charge in [0.05, 0.1) is 0 Å². The summed E-state index contributed by atoms with van der Waals surface area (Å²) in [6.45, 7) is 3.57. The first-order valence-corrected chi connectivity index (χ1v) is 11.5. The Kier molecular flexibility index (Phi) is 6.84. The fourth-order valence-corrected chi connectivity index (χ4v) is 3.99. The van der Waals surface area contributed by atoms with Gasteiger partial charge in [-0.15, -0.1) is 0 Å². The van der Waals surface area contributed by atoms with E-state index in [1.54, 1.807) is 13.8 Å². The van der Waals surface area contributed by atoms with Crippen molar-refractivity contribution in [3.63, 3.8) is 0 Å². The molecule has 0 aliphatic rings. The molecule has 3 aromatic rings. The SMILES string of the molecule is CC(C)Cn1c(N(C)C(=O)O)c(-c2ccccc2F)c2cc(OS(=O)(=O)C(F)(F)F)ccc2c1=O. The molecule has 1 aromatic heterocycles. The number of hydrogen-bond acceptors (Lipinski definition) is 5. The Balaban J connectivity index is 2.51. The molecular weight excluding hydrogens is 496 g/mol. The average molecular weight is 516 g/mol. The van der Waals surface area contributed by atoms with Gasteiger partial charge >= 0.3 is 21.7 Å². The standard InChI is InChI=1S/C22H20F4N2O6S/c1-12(2)11-28-19(27(3)21(30)31)18(15-6-4-5-7-17(15)23)16-10-13(8-9-14(16)20(28)29)34-35(32,33)22(24,25)26/h4-10,12H,11H2,1-3H3,(H,30,31). The molecule has 188 valence electrons. The van der Waals surface area contributed by atoms with Crippen LogP contribution in [-0.2, 0) is 16.7 Å². The van der Waals surface area contributed by atoms with Gasteiger partial charge in [0, 0.05) is 35.5 Å². The number of hydrogen-bond donors (Lipinski definition) is 1. The van der Waals surface area contributed by atoms with Crippen molar-refractivity contribution in [2.45, 2.75) is 25.9 Å². The van der Waals surface area contributed by atoms with Crippen LogP contribution in [-0.4, -0.2) is 36.7 Å². The summed E-state index contributed by atoms with van der Waals surface area (Å²) in [5.41, 5.74) is -6.72. The van der Waals surface area contributed by atoms with E-state index in [4.69, 9.17) is 0 Å². The first-order chi connectivity index (χ1) is 16.2. The highest BCUT2D eigenvalue weighted by Gasteiger charge is 2.48. The highest BCUT2D eigenvalue weighted by atomic mass is 32.2. The van der Waals surface area contributed by atoms with Crippen LogP contribution in [0, 0.1) is 11.7 Å². The van der Waals surface area contributed by atoms with E-state index in [2.05, 4.69) is 4.18 Å². The van der Waals surface area contributed by atoms with Crippen LogP contribution in [0.25, 0.3) is 21.9 Å². The normalized spacial score (nSPS) is 12.2. The van der Waals surface area contributed by atoms with Crippen molar-refractivity contribution in [3.05, 3.63) is 58.6 Å². The number of pyridine rings is 1. The fourth-order valence-electron chi connectivity index (χ4n) is 3.54. The van der Waals surface area contributed by atoms with Gasteiger partial charge in [0.15, 0.2) is 0 Å². The van der Waals surface area contributed by atoms with Crippen LogP contribution in [0.5, 0.6) is 5.75 Å². The fraction of sp³-hybridized carbons (Fsp3) is 0.273. The van der Waals surface area contributed by atoms with Gasteiger partial charge in [-0.25, -0.2) is 9.18 Å². The van der Waals surface area contributed by atoms with E-state index in [1.807, 2.05) is 0 Å². The molecular formula is C22H20F4N2O6S. The van der Waals surface area contributed by atoms with Crippen molar-refractivity contribution in [1.29, 1.82) is 0 Å². The van der Waals surface area contributed by atoms with Crippen LogP contribution < -0.4 is 14.6 Å². The Morgan fingerprint density at radius 2 is 1.77 bits per heavy atom. The lowest BCUT2D eigenvalue weighted by molar-refractivity contribution is -0.0500. The van der Waals surface area contributed by atoms with Crippen molar-refractivity contribution in [2.24, 2.45) is 5.92 Å². The van der Waals surface area contributed by atoms with Crippen molar-refractivity contribution in [1.82, 2.24) is 4.57 Å². The van der Waals surface area contributed by atoms with Gasteiger partial charge < -0.3 is 9.29 Å². The molecule has 1 amide bonds. The number of fused-ring (bicyclic) bond motifs is 1. The summed E-state index contributed by atoms with van der Waals surface area (Å²) in [5, 5.41) is 9.38. The van der Waals surface area contributed by atoms with E-state index in [0.29, 0.717) is 4.90 Å². The molecule has 0 aliphatic heterocycles. The highest BCUT2D eigenvalue weighted by Crippen LogP contribution is 2.39. The molecule has 0 unspecified atom stereocenters. The van der Waals surface area contributed by atoms with Crippen LogP contribution in [0.2, 0.25) is 0 Å². The molecule has 0 bridgehead atoms. The van der Waals surface area contributed by atoms with E-state index in [9.17, 15) is 40.7 Å². The molecule has 0 saturated carbocycles. The third-order valence-corrected chi connectivity index (χ3v) is 5.98. The minimum absolute atomic E-state index is 0.0316. The Labute approximate surface area is 197 Å². The molecule has 0 radical (unpaired) electrons. The number of carboxylic acid groups (broad SMARTS) is 1. The third kappa shape index (κ3) is 4.94. The summed E-state index contributed by atoms with van der Waals surface area (Å²) in [7, 11) is -4.92. The lowest BCUT2D eigenvalue weighted by atomic mass is 9.97. The van der Waals surface area contributed by atoms with E-state index in [0.717, 1.165) is 35.9 Å². The van der Waals surface area contributed by atoms with E-state index < -0.39 is 38.8 Å². The van der Waals surface area contributed by atoms with Crippen LogP contribution in [0.4, 0.5) is 28.2 Å². The predicted octanol–water partition coefficient (Wildman–Crippen LogP) is 4.81. The molecule has 3 rings (SSSR count). The summed E-state index contributed by atoms with van der Waals surface area (Å²) < 4.78 is 81.8.